The number of H-pyrrole nitrogens is 1. The highest BCUT2D eigenvalue weighted by Gasteiger charge is 2.24. The average Bonchev–Trinajstić information content (AvgIpc) is 3.06. The van der Waals surface area contributed by atoms with E-state index in [4.69, 9.17) is 0 Å². The maximum Gasteiger partial charge on any atom is 0.256 e. The summed E-state index contributed by atoms with van der Waals surface area (Å²) in [4.78, 5) is 35.8. The molecule has 7 nitrogen and oxygen atoms in total. The number of carbonyl (C=O) groups excluding carboxylic acids is 1. The van der Waals surface area contributed by atoms with Crippen molar-refractivity contribution in [3.63, 3.8) is 0 Å². The first-order valence-electron chi connectivity index (χ1n) is 9.28. The van der Waals surface area contributed by atoms with Crippen LogP contribution in [0.25, 0.3) is 11.1 Å². The van der Waals surface area contributed by atoms with Crippen LogP contribution in [0.2, 0.25) is 0 Å². The largest absolute Gasteiger partial charge is 0.338 e. The monoisotopic (exact) mass is 393 g/mol. The lowest BCUT2D eigenvalue weighted by molar-refractivity contribution is -0.115. The summed E-state index contributed by atoms with van der Waals surface area (Å²) in [5.74, 6) is 0.553. The molecule has 1 aliphatic rings. The summed E-state index contributed by atoms with van der Waals surface area (Å²) in [5.41, 5.74) is 3.29. The molecule has 0 bridgehead atoms. The summed E-state index contributed by atoms with van der Waals surface area (Å²) >= 11 is 0. The molecule has 0 saturated carbocycles. The van der Waals surface area contributed by atoms with Gasteiger partial charge in [-0.25, -0.2) is 14.4 Å². The number of anilines is 3. The topological polar surface area (TPSA) is 99.8 Å². The van der Waals surface area contributed by atoms with E-state index in [9.17, 15) is 14.0 Å². The summed E-state index contributed by atoms with van der Waals surface area (Å²) < 4.78 is 13.7. The predicted octanol–water partition coefficient (Wildman–Crippen LogP) is 3.64. The fourth-order valence-corrected chi connectivity index (χ4v) is 3.39. The number of aromatic amines is 1. The zero-order valence-corrected chi connectivity index (χ0v) is 16.3. The molecule has 0 saturated heterocycles. The van der Waals surface area contributed by atoms with Crippen molar-refractivity contribution >= 4 is 23.2 Å². The van der Waals surface area contributed by atoms with Crippen LogP contribution in [0.4, 0.5) is 21.7 Å². The summed E-state index contributed by atoms with van der Waals surface area (Å²) in [6.45, 7) is 5.59. The highest BCUT2D eigenvalue weighted by Crippen LogP contribution is 2.32. The first-order chi connectivity index (χ1) is 13.8. The molecule has 148 valence electrons. The number of amides is 1. The highest BCUT2D eigenvalue weighted by atomic mass is 19.1. The van der Waals surface area contributed by atoms with Crippen molar-refractivity contribution in [3.8, 4) is 11.1 Å². The first kappa shape index (κ1) is 18.8. The molecule has 2 aromatic heterocycles. The molecule has 1 aromatic carbocycles. The average molecular weight is 393 g/mol. The Morgan fingerprint density at radius 1 is 1.17 bits per heavy atom. The predicted molar refractivity (Wildman–Crippen MR) is 109 cm³/mol. The molecular formula is C21H20FN5O2. The maximum absolute atomic E-state index is 13.7. The molecule has 1 amide bonds. The van der Waals surface area contributed by atoms with E-state index < -0.39 is 0 Å². The lowest BCUT2D eigenvalue weighted by Crippen LogP contribution is -2.15. The van der Waals surface area contributed by atoms with Crippen LogP contribution in [0.3, 0.4) is 0 Å². The van der Waals surface area contributed by atoms with Gasteiger partial charge < -0.3 is 15.6 Å². The summed E-state index contributed by atoms with van der Waals surface area (Å²) in [6.07, 6.45) is 1.56. The van der Waals surface area contributed by atoms with Crippen LogP contribution in [0.1, 0.15) is 36.6 Å². The Hall–Kier alpha value is -3.55. The van der Waals surface area contributed by atoms with E-state index >= 15 is 0 Å². The number of aryl methyl sites for hydroxylation is 1. The number of hydrogen-bond donors (Lipinski definition) is 3. The number of pyridine rings is 1. The Morgan fingerprint density at radius 2 is 1.97 bits per heavy atom. The van der Waals surface area contributed by atoms with Crippen LogP contribution < -0.4 is 16.2 Å². The van der Waals surface area contributed by atoms with E-state index in [-0.39, 0.29) is 29.6 Å². The number of aromatic nitrogens is 3. The molecule has 0 fully saturated rings. The van der Waals surface area contributed by atoms with Crippen LogP contribution in [0, 0.1) is 12.7 Å². The number of benzene rings is 1. The van der Waals surface area contributed by atoms with Crippen LogP contribution >= 0.6 is 0 Å². The molecule has 0 radical (unpaired) electrons. The number of fused-ring (bicyclic) bond motifs is 1. The van der Waals surface area contributed by atoms with Gasteiger partial charge in [-0.1, -0.05) is 19.9 Å². The van der Waals surface area contributed by atoms with E-state index in [0.29, 0.717) is 45.3 Å². The van der Waals surface area contributed by atoms with Crippen molar-refractivity contribution in [2.75, 3.05) is 10.6 Å². The summed E-state index contributed by atoms with van der Waals surface area (Å²) in [7, 11) is 0. The van der Waals surface area contributed by atoms with Crippen LogP contribution in [-0.2, 0) is 11.2 Å². The second-order valence-corrected chi connectivity index (χ2v) is 7.36. The van der Waals surface area contributed by atoms with Gasteiger partial charge in [0.05, 0.1) is 12.1 Å². The number of halogens is 1. The maximum atomic E-state index is 13.7. The highest BCUT2D eigenvalue weighted by molar-refractivity contribution is 5.99. The molecule has 8 heteroatoms. The van der Waals surface area contributed by atoms with E-state index in [0.717, 1.165) is 0 Å². The number of carbonyl (C=O) groups is 1. The van der Waals surface area contributed by atoms with Gasteiger partial charge in [0.2, 0.25) is 5.91 Å². The van der Waals surface area contributed by atoms with Gasteiger partial charge in [0.25, 0.3) is 5.56 Å². The van der Waals surface area contributed by atoms with Crippen molar-refractivity contribution in [1.29, 1.82) is 0 Å². The molecule has 4 rings (SSSR count). The SMILES string of the molecule is Cc1cc(-c2cc(Nc3ncnc4c3CC(=O)N4)c(C(C)C)[nH]c2=O)ccc1F. The fourth-order valence-electron chi connectivity index (χ4n) is 3.39. The minimum Gasteiger partial charge on any atom is -0.338 e. The molecule has 1 aliphatic heterocycles. The third kappa shape index (κ3) is 3.49. The minimum atomic E-state index is -0.323. The van der Waals surface area contributed by atoms with Crippen molar-refractivity contribution in [3.05, 3.63) is 63.6 Å². The normalized spacial score (nSPS) is 12.8. The van der Waals surface area contributed by atoms with Crippen molar-refractivity contribution in [2.45, 2.75) is 33.1 Å². The first-order valence-corrected chi connectivity index (χ1v) is 9.28. The minimum absolute atomic E-state index is 0.0313. The zero-order chi connectivity index (χ0) is 20.7. The lowest BCUT2D eigenvalue weighted by Gasteiger charge is -2.17. The Morgan fingerprint density at radius 3 is 2.69 bits per heavy atom. The number of nitrogens with one attached hydrogen (secondary N) is 3. The summed E-state index contributed by atoms with van der Waals surface area (Å²) in [5, 5.41) is 5.95. The Balaban J connectivity index is 1.83. The van der Waals surface area contributed by atoms with Crippen molar-refractivity contribution in [1.82, 2.24) is 15.0 Å². The van der Waals surface area contributed by atoms with Gasteiger partial charge in [-0.15, -0.1) is 0 Å². The Labute approximate surface area is 166 Å². The molecule has 3 N–H and O–H groups in total. The molecular weight excluding hydrogens is 373 g/mol. The lowest BCUT2D eigenvalue weighted by atomic mass is 10.0. The number of nitrogens with zero attached hydrogens (tertiary/aromatic N) is 2. The third-order valence-corrected chi connectivity index (χ3v) is 4.91. The van der Waals surface area contributed by atoms with Crippen LogP contribution in [0.15, 0.2) is 35.4 Å². The molecule has 3 heterocycles. The summed E-state index contributed by atoms with van der Waals surface area (Å²) in [6, 6.07) is 6.31. The fraction of sp³-hybridized carbons (Fsp3) is 0.238. The molecule has 0 atom stereocenters. The van der Waals surface area contributed by atoms with Gasteiger partial charge >= 0.3 is 0 Å². The van der Waals surface area contributed by atoms with E-state index in [1.807, 2.05) is 13.8 Å². The second kappa shape index (κ2) is 7.12. The van der Waals surface area contributed by atoms with Gasteiger partial charge in [-0.2, -0.15) is 0 Å². The van der Waals surface area contributed by atoms with Gasteiger partial charge in [-0.05, 0) is 42.2 Å². The van der Waals surface area contributed by atoms with Gasteiger partial charge in [-0.3, -0.25) is 9.59 Å². The smallest absolute Gasteiger partial charge is 0.256 e. The third-order valence-electron chi connectivity index (χ3n) is 4.91. The van der Waals surface area contributed by atoms with Gasteiger partial charge in [0.15, 0.2) is 0 Å². The zero-order valence-electron chi connectivity index (χ0n) is 16.3. The quantitative estimate of drug-likeness (QED) is 0.628. The Bertz CT molecular complexity index is 1190. The number of hydrogen-bond acceptors (Lipinski definition) is 5. The number of rotatable bonds is 4. The van der Waals surface area contributed by atoms with Crippen molar-refractivity contribution < 1.29 is 9.18 Å². The van der Waals surface area contributed by atoms with Gasteiger partial charge in [0, 0.05) is 16.8 Å². The second-order valence-electron chi connectivity index (χ2n) is 7.36. The Kier molecular flexibility index (Phi) is 4.62. The molecule has 0 aliphatic carbocycles. The molecule has 29 heavy (non-hydrogen) atoms. The van der Waals surface area contributed by atoms with Gasteiger partial charge in [0.1, 0.15) is 23.8 Å². The van der Waals surface area contributed by atoms with E-state index in [1.54, 1.807) is 25.1 Å². The van der Waals surface area contributed by atoms with Crippen LogP contribution in [-0.4, -0.2) is 20.9 Å². The molecule has 0 spiro atoms. The van der Waals surface area contributed by atoms with Crippen LogP contribution in [0.5, 0.6) is 0 Å². The van der Waals surface area contributed by atoms with E-state index in [2.05, 4.69) is 25.6 Å². The van der Waals surface area contributed by atoms with Crippen molar-refractivity contribution in [2.24, 2.45) is 0 Å². The van der Waals surface area contributed by atoms with E-state index in [1.165, 1.54) is 12.4 Å². The standard InChI is InChI=1S/C21H20FN5O2/c1-10(2)18-16(25-19-14-8-17(28)26-20(14)24-9-23-19)7-13(21(29)27-18)12-4-5-15(22)11(3)6-12/h4-7,9-10H,8H2,1-3H3,(H,27,29)(H2,23,24,25,26,28). The molecule has 3 aromatic rings. The molecule has 0 unspecified atom stereocenters.